The van der Waals surface area contributed by atoms with E-state index < -0.39 is 12.2 Å². The number of ketones is 1. The van der Waals surface area contributed by atoms with Gasteiger partial charge in [0.2, 0.25) is 0 Å². The zero-order valence-electron chi connectivity index (χ0n) is 22.3. The third kappa shape index (κ3) is 7.81. The lowest BCUT2D eigenvalue weighted by Gasteiger charge is -2.23. The lowest BCUT2D eigenvalue weighted by atomic mass is 10.1. The molecule has 0 fully saturated rings. The fraction of sp³-hybridized carbons (Fsp3) is 0.276. The number of anilines is 3. The summed E-state index contributed by atoms with van der Waals surface area (Å²) >= 11 is 0. The van der Waals surface area contributed by atoms with Gasteiger partial charge in [0.25, 0.3) is 0 Å². The molecule has 0 aliphatic heterocycles. The van der Waals surface area contributed by atoms with Crippen molar-refractivity contribution in [1.29, 1.82) is 0 Å². The van der Waals surface area contributed by atoms with Gasteiger partial charge in [-0.25, -0.2) is 9.59 Å². The van der Waals surface area contributed by atoms with E-state index in [1.165, 1.54) is 7.11 Å². The van der Waals surface area contributed by atoms with Gasteiger partial charge in [-0.3, -0.25) is 10.1 Å². The molecule has 200 valence electrons. The van der Waals surface area contributed by atoms with Crippen LogP contribution in [-0.4, -0.2) is 51.8 Å². The molecule has 3 N–H and O–H groups in total. The minimum atomic E-state index is -0.540. The van der Waals surface area contributed by atoms with Crippen molar-refractivity contribution in [2.75, 3.05) is 43.3 Å². The second-order valence-corrected chi connectivity index (χ2v) is 8.99. The number of hydrogen-bond donors (Lipinski definition) is 3. The predicted molar refractivity (Wildman–Crippen MR) is 149 cm³/mol. The van der Waals surface area contributed by atoms with E-state index in [9.17, 15) is 14.4 Å². The summed E-state index contributed by atoms with van der Waals surface area (Å²) in [6.07, 6.45) is -0.321. The lowest BCUT2D eigenvalue weighted by Crippen LogP contribution is -2.36. The van der Waals surface area contributed by atoms with Gasteiger partial charge in [-0.1, -0.05) is 36.4 Å². The van der Waals surface area contributed by atoms with Crippen LogP contribution in [0.25, 0.3) is 0 Å². The van der Waals surface area contributed by atoms with Crippen molar-refractivity contribution in [2.45, 2.75) is 26.5 Å². The summed E-state index contributed by atoms with van der Waals surface area (Å²) in [6, 6.07) is 19.5. The highest BCUT2D eigenvalue weighted by atomic mass is 16.5. The first-order valence-corrected chi connectivity index (χ1v) is 12.2. The fourth-order valence-electron chi connectivity index (χ4n) is 3.74. The topological polar surface area (TPSA) is 109 Å². The number of carbonyl (C=O) groups is 3. The minimum Gasteiger partial charge on any atom is -0.473 e. The van der Waals surface area contributed by atoms with Crippen LogP contribution in [0.15, 0.2) is 66.7 Å². The second kappa shape index (κ2) is 13.3. The number of Topliss-reactive ketones (excluding diaryl/α,β-unsaturated/α-hetero) is 1. The Labute approximate surface area is 223 Å². The normalized spacial score (nSPS) is 11.3. The van der Waals surface area contributed by atoms with Gasteiger partial charge < -0.3 is 25.0 Å². The molecule has 0 saturated heterocycles. The van der Waals surface area contributed by atoms with Crippen molar-refractivity contribution >= 4 is 34.8 Å². The summed E-state index contributed by atoms with van der Waals surface area (Å²) in [5, 5.41) is 8.67. The number of benzene rings is 3. The van der Waals surface area contributed by atoms with Crippen molar-refractivity contribution in [1.82, 2.24) is 5.32 Å². The van der Waals surface area contributed by atoms with Crippen molar-refractivity contribution in [3.05, 3.63) is 83.4 Å². The molecule has 9 heteroatoms. The Morgan fingerprint density at radius 3 is 2.29 bits per heavy atom. The zero-order chi connectivity index (χ0) is 27.7. The molecule has 0 spiro atoms. The highest BCUT2D eigenvalue weighted by molar-refractivity contribution is 6.00. The van der Waals surface area contributed by atoms with Crippen molar-refractivity contribution in [3.63, 3.8) is 0 Å². The monoisotopic (exact) mass is 518 g/mol. The van der Waals surface area contributed by atoms with Crippen molar-refractivity contribution < 1.29 is 23.9 Å². The highest BCUT2D eigenvalue weighted by Crippen LogP contribution is 2.32. The van der Waals surface area contributed by atoms with Crippen LogP contribution in [-0.2, 0) is 16.0 Å². The first-order chi connectivity index (χ1) is 18.2. The predicted octanol–water partition coefficient (Wildman–Crippen LogP) is 4.62. The van der Waals surface area contributed by atoms with Crippen LogP contribution in [0.1, 0.15) is 28.4 Å². The minimum absolute atomic E-state index is 0.0347. The van der Waals surface area contributed by atoms with Gasteiger partial charge in [0.15, 0.2) is 11.5 Å². The Kier molecular flexibility index (Phi) is 9.84. The van der Waals surface area contributed by atoms with Gasteiger partial charge >= 0.3 is 12.0 Å². The van der Waals surface area contributed by atoms with E-state index in [2.05, 4.69) is 16.0 Å². The third-order valence-corrected chi connectivity index (χ3v) is 5.77. The van der Waals surface area contributed by atoms with Crippen molar-refractivity contribution in [2.24, 2.45) is 0 Å². The van der Waals surface area contributed by atoms with E-state index in [0.717, 1.165) is 16.8 Å². The van der Waals surface area contributed by atoms with E-state index in [-0.39, 0.29) is 24.8 Å². The number of methoxy groups -OCH3 is 1. The molecule has 3 aromatic carbocycles. The number of carbonyl (C=O) groups excluding carboxylic acids is 3. The van der Waals surface area contributed by atoms with Gasteiger partial charge in [-0.05, 0) is 55.3 Å². The Morgan fingerprint density at radius 2 is 1.63 bits per heavy atom. The molecular formula is C29H34N4O5. The van der Waals surface area contributed by atoms with Crippen LogP contribution in [0.4, 0.5) is 21.9 Å². The Bertz CT molecular complexity index is 1270. The largest absolute Gasteiger partial charge is 0.473 e. The average Bonchev–Trinajstić information content (AvgIpc) is 2.89. The zero-order valence-corrected chi connectivity index (χ0v) is 22.3. The fourth-order valence-corrected chi connectivity index (χ4v) is 3.74. The number of urea groups is 1. The summed E-state index contributed by atoms with van der Waals surface area (Å²) in [5.74, 6) is -0.156. The number of ether oxygens (including phenoxy) is 2. The van der Waals surface area contributed by atoms with Crippen LogP contribution < -0.4 is 25.6 Å². The number of amides is 2. The first-order valence-electron chi connectivity index (χ1n) is 12.2. The summed E-state index contributed by atoms with van der Waals surface area (Å²) in [6.45, 7) is 3.77. The molecule has 0 saturated carbocycles. The molecular weight excluding hydrogens is 484 g/mol. The van der Waals surface area contributed by atoms with Gasteiger partial charge in [-0.2, -0.15) is 0 Å². The third-order valence-electron chi connectivity index (χ3n) is 5.77. The summed E-state index contributed by atoms with van der Waals surface area (Å²) in [7, 11) is 5.02. The Hall–Kier alpha value is -4.37. The number of aryl methyl sites for hydroxylation is 1. The molecule has 0 bridgehead atoms. The molecule has 1 unspecified atom stereocenters. The quantitative estimate of drug-likeness (QED) is 0.251. The van der Waals surface area contributed by atoms with E-state index in [0.29, 0.717) is 22.7 Å². The van der Waals surface area contributed by atoms with Crippen LogP contribution in [0.5, 0.6) is 5.75 Å². The van der Waals surface area contributed by atoms with Crippen LogP contribution in [0.3, 0.4) is 0 Å². The Balaban J connectivity index is 1.51. The van der Waals surface area contributed by atoms with Crippen molar-refractivity contribution in [3.8, 4) is 5.75 Å². The number of nitrogens with one attached hydrogen (secondary N) is 3. The summed E-state index contributed by atoms with van der Waals surface area (Å²) in [4.78, 5) is 38.9. The van der Waals surface area contributed by atoms with E-state index in [1.807, 2.05) is 56.3 Å². The van der Waals surface area contributed by atoms with Crippen LogP contribution >= 0.6 is 0 Å². The summed E-state index contributed by atoms with van der Waals surface area (Å²) < 4.78 is 10.9. The average molecular weight is 519 g/mol. The molecule has 3 aromatic rings. The van der Waals surface area contributed by atoms with Gasteiger partial charge in [-0.15, -0.1) is 0 Å². The maximum absolute atomic E-state index is 12.6. The van der Waals surface area contributed by atoms with E-state index in [1.54, 1.807) is 43.3 Å². The van der Waals surface area contributed by atoms with Crippen LogP contribution in [0, 0.1) is 6.92 Å². The van der Waals surface area contributed by atoms with Gasteiger partial charge in [0.05, 0.1) is 19.3 Å². The molecule has 0 radical (unpaired) electrons. The second-order valence-electron chi connectivity index (χ2n) is 8.99. The van der Waals surface area contributed by atoms with E-state index in [4.69, 9.17) is 9.47 Å². The number of nitrogens with zero attached hydrogens (tertiary/aromatic N) is 1. The number of rotatable bonds is 11. The maximum Gasteiger partial charge on any atom is 0.341 e. The SMILES string of the molecule is COC(=O)c1cccc(N(C)C)c1OC(C)NCC(=O)Cc1ccc(NC(=O)Nc2ccccc2C)cc1. The van der Waals surface area contributed by atoms with Gasteiger partial charge in [0.1, 0.15) is 11.8 Å². The molecule has 0 aromatic heterocycles. The standard InChI is InChI=1S/C29H34N4O5/c1-19-9-6-7-11-25(19)32-29(36)31-22-15-13-21(14-16-22)17-23(34)18-30-20(2)38-27-24(28(35)37-5)10-8-12-26(27)33(3)4/h6-16,20,30H,17-18H2,1-5H3,(H2,31,32,36). The summed E-state index contributed by atoms with van der Waals surface area (Å²) in [5.41, 5.74) is 4.17. The number of para-hydroxylation sites is 2. The smallest absolute Gasteiger partial charge is 0.341 e. The van der Waals surface area contributed by atoms with Gasteiger partial charge in [0, 0.05) is 31.9 Å². The maximum atomic E-state index is 12.6. The number of hydrogen-bond acceptors (Lipinski definition) is 7. The highest BCUT2D eigenvalue weighted by Gasteiger charge is 2.20. The lowest BCUT2D eigenvalue weighted by molar-refractivity contribution is -0.118. The molecule has 9 nitrogen and oxygen atoms in total. The number of esters is 1. The molecule has 3 rings (SSSR count). The Morgan fingerprint density at radius 1 is 0.921 bits per heavy atom. The van der Waals surface area contributed by atoms with Crippen LogP contribution in [0.2, 0.25) is 0 Å². The molecule has 0 aliphatic rings. The molecule has 0 heterocycles. The first kappa shape index (κ1) is 28.2. The molecule has 0 aliphatic carbocycles. The van der Waals surface area contributed by atoms with E-state index >= 15 is 0 Å². The molecule has 1 atom stereocenters. The molecule has 38 heavy (non-hydrogen) atoms. The molecule has 2 amide bonds.